The van der Waals surface area contributed by atoms with Gasteiger partial charge in [0.25, 0.3) is 0 Å². The lowest BCUT2D eigenvalue weighted by molar-refractivity contribution is 0.166. The minimum atomic E-state index is 0.329. The Morgan fingerprint density at radius 2 is 2.10 bits per heavy atom. The van der Waals surface area contributed by atoms with Crippen molar-refractivity contribution in [3.8, 4) is 0 Å². The van der Waals surface area contributed by atoms with Crippen LogP contribution in [-0.4, -0.2) is 31.6 Å². The SMILES string of the molecule is CCCC(C)(CNCC(C)C)CN(C)Cc1ccoc1C. The van der Waals surface area contributed by atoms with Crippen LogP contribution in [0.4, 0.5) is 0 Å². The van der Waals surface area contributed by atoms with Gasteiger partial charge in [0.2, 0.25) is 0 Å². The van der Waals surface area contributed by atoms with Crippen LogP contribution in [0.25, 0.3) is 0 Å². The summed E-state index contributed by atoms with van der Waals surface area (Å²) >= 11 is 0. The molecule has 0 aromatic carbocycles. The van der Waals surface area contributed by atoms with Crippen molar-refractivity contribution in [1.29, 1.82) is 0 Å². The molecule has 122 valence electrons. The first-order valence-electron chi connectivity index (χ1n) is 8.28. The zero-order valence-corrected chi connectivity index (χ0v) is 14.8. The molecule has 21 heavy (non-hydrogen) atoms. The first-order valence-corrected chi connectivity index (χ1v) is 8.28. The summed E-state index contributed by atoms with van der Waals surface area (Å²) in [7, 11) is 2.21. The quantitative estimate of drug-likeness (QED) is 0.705. The molecule has 1 N–H and O–H groups in total. The van der Waals surface area contributed by atoms with Gasteiger partial charge in [-0.2, -0.15) is 0 Å². The van der Waals surface area contributed by atoms with Gasteiger partial charge in [0.05, 0.1) is 6.26 Å². The van der Waals surface area contributed by atoms with Crippen LogP contribution in [-0.2, 0) is 6.54 Å². The van der Waals surface area contributed by atoms with Crippen molar-refractivity contribution in [3.05, 3.63) is 23.7 Å². The summed E-state index contributed by atoms with van der Waals surface area (Å²) in [6, 6.07) is 2.08. The lowest BCUT2D eigenvalue weighted by atomic mass is 9.84. The van der Waals surface area contributed by atoms with Gasteiger partial charge in [-0.05, 0) is 44.3 Å². The molecule has 0 spiro atoms. The molecule has 1 aromatic rings. The highest BCUT2D eigenvalue weighted by Gasteiger charge is 2.25. The molecule has 1 aromatic heterocycles. The fraction of sp³-hybridized carbons (Fsp3) is 0.778. The fourth-order valence-corrected chi connectivity index (χ4v) is 3.06. The molecule has 0 aliphatic carbocycles. The van der Waals surface area contributed by atoms with Gasteiger partial charge in [0.15, 0.2) is 0 Å². The van der Waals surface area contributed by atoms with Gasteiger partial charge in [0, 0.05) is 25.2 Å². The zero-order valence-electron chi connectivity index (χ0n) is 14.8. The van der Waals surface area contributed by atoms with Gasteiger partial charge in [-0.25, -0.2) is 0 Å². The van der Waals surface area contributed by atoms with Crippen molar-refractivity contribution in [3.63, 3.8) is 0 Å². The minimum absolute atomic E-state index is 0.329. The van der Waals surface area contributed by atoms with Gasteiger partial charge in [-0.15, -0.1) is 0 Å². The second-order valence-electron chi connectivity index (χ2n) is 7.26. The summed E-state index contributed by atoms with van der Waals surface area (Å²) in [5.41, 5.74) is 1.63. The number of furan rings is 1. The maximum Gasteiger partial charge on any atom is 0.105 e. The summed E-state index contributed by atoms with van der Waals surface area (Å²) in [5.74, 6) is 1.75. The van der Waals surface area contributed by atoms with E-state index in [9.17, 15) is 0 Å². The average molecular weight is 294 g/mol. The predicted octanol–water partition coefficient (Wildman–Crippen LogP) is 4.07. The molecule has 0 saturated heterocycles. The average Bonchev–Trinajstić information content (AvgIpc) is 2.74. The van der Waals surface area contributed by atoms with Crippen LogP contribution in [0.15, 0.2) is 16.7 Å². The van der Waals surface area contributed by atoms with Crippen LogP contribution in [0.5, 0.6) is 0 Å². The summed E-state index contributed by atoms with van der Waals surface area (Å²) in [6.07, 6.45) is 4.28. The smallest absolute Gasteiger partial charge is 0.105 e. The third-order valence-corrected chi connectivity index (χ3v) is 4.02. The Hall–Kier alpha value is -0.800. The van der Waals surface area contributed by atoms with Gasteiger partial charge in [-0.3, -0.25) is 0 Å². The molecule has 3 nitrogen and oxygen atoms in total. The Morgan fingerprint density at radius 3 is 2.62 bits per heavy atom. The van der Waals surface area contributed by atoms with E-state index in [-0.39, 0.29) is 0 Å². The Labute approximate surface area is 131 Å². The molecule has 1 unspecified atom stereocenters. The van der Waals surface area contributed by atoms with E-state index in [0.29, 0.717) is 11.3 Å². The molecule has 0 bridgehead atoms. The molecule has 0 fully saturated rings. The Morgan fingerprint density at radius 1 is 1.38 bits per heavy atom. The van der Waals surface area contributed by atoms with Gasteiger partial charge >= 0.3 is 0 Å². The highest BCUT2D eigenvalue weighted by atomic mass is 16.3. The second kappa shape index (κ2) is 8.60. The van der Waals surface area contributed by atoms with E-state index in [0.717, 1.165) is 31.9 Å². The van der Waals surface area contributed by atoms with Gasteiger partial charge < -0.3 is 14.6 Å². The molecule has 1 heterocycles. The molecular weight excluding hydrogens is 260 g/mol. The van der Waals surface area contributed by atoms with Crippen molar-refractivity contribution in [2.75, 3.05) is 26.7 Å². The van der Waals surface area contributed by atoms with E-state index >= 15 is 0 Å². The number of hydrogen-bond donors (Lipinski definition) is 1. The van der Waals surface area contributed by atoms with Crippen molar-refractivity contribution in [2.24, 2.45) is 11.3 Å². The molecule has 1 atom stereocenters. The Kier molecular flexibility index (Phi) is 7.47. The van der Waals surface area contributed by atoms with E-state index in [4.69, 9.17) is 4.42 Å². The summed E-state index contributed by atoms with van der Waals surface area (Å²) in [6.45, 7) is 15.5. The number of hydrogen-bond acceptors (Lipinski definition) is 3. The number of nitrogens with zero attached hydrogens (tertiary/aromatic N) is 1. The van der Waals surface area contributed by atoms with Crippen LogP contribution in [0.1, 0.15) is 51.9 Å². The van der Waals surface area contributed by atoms with Crippen LogP contribution < -0.4 is 5.32 Å². The maximum absolute atomic E-state index is 5.40. The van der Waals surface area contributed by atoms with Crippen molar-refractivity contribution in [1.82, 2.24) is 10.2 Å². The first kappa shape index (κ1) is 18.2. The van der Waals surface area contributed by atoms with Crippen LogP contribution >= 0.6 is 0 Å². The molecule has 0 aliphatic rings. The Bertz CT molecular complexity index is 400. The van der Waals surface area contributed by atoms with E-state index in [1.807, 2.05) is 6.92 Å². The third kappa shape index (κ3) is 6.66. The molecule has 3 heteroatoms. The Balaban J connectivity index is 2.53. The van der Waals surface area contributed by atoms with Gasteiger partial charge in [0.1, 0.15) is 5.76 Å². The van der Waals surface area contributed by atoms with E-state index in [1.54, 1.807) is 6.26 Å². The number of aryl methyl sites for hydroxylation is 1. The minimum Gasteiger partial charge on any atom is -0.469 e. The lowest BCUT2D eigenvalue weighted by Gasteiger charge is -2.34. The van der Waals surface area contributed by atoms with Crippen LogP contribution in [0.2, 0.25) is 0 Å². The summed E-state index contributed by atoms with van der Waals surface area (Å²) in [5, 5.41) is 3.64. The summed E-state index contributed by atoms with van der Waals surface area (Å²) < 4.78 is 5.40. The molecule has 0 radical (unpaired) electrons. The molecule has 0 saturated carbocycles. The number of rotatable bonds is 10. The van der Waals surface area contributed by atoms with E-state index < -0.39 is 0 Å². The highest BCUT2D eigenvalue weighted by molar-refractivity contribution is 5.15. The molecular formula is C18H34N2O. The summed E-state index contributed by atoms with van der Waals surface area (Å²) in [4.78, 5) is 2.42. The largest absolute Gasteiger partial charge is 0.469 e. The van der Waals surface area contributed by atoms with Crippen LogP contribution in [0.3, 0.4) is 0 Å². The van der Waals surface area contributed by atoms with Crippen molar-refractivity contribution in [2.45, 2.75) is 54.0 Å². The maximum atomic E-state index is 5.40. The fourth-order valence-electron chi connectivity index (χ4n) is 3.06. The molecule has 0 aliphatic heterocycles. The highest BCUT2D eigenvalue weighted by Crippen LogP contribution is 2.24. The second-order valence-corrected chi connectivity index (χ2v) is 7.26. The monoisotopic (exact) mass is 294 g/mol. The lowest BCUT2D eigenvalue weighted by Crippen LogP contribution is -2.41. The van der Waals surface area contributed by atoms with Crippen LogP contribution in [0, 0.1) is 18.3 Å². The normalized spacial score (nSPS) is 14.9. The zero-order chi connectivity index (χ0) is 15.9. The topological polar surface area (TPSA) is 28.4 Å². The van der Waals surface area contributed by atoms with Crippen molar-refractivity contribution >= 4 is 0 Å². The van der Waals surface area contributed by atoms with Gasteiger partial charge in [-0.1, -0.05) is 34.1 Å². The first-order chi connectivity index (χ1) is 9.86. The molecule has 1 rings (SSSR count). The third-order valence-electron chi connectivity index (χ3n) is 4.02. The van der Waals surface area contributed by atoms with Crippen molar-refractivity contribution < 1.29 is 4.42 Å². The van der Waals surface area contributed by atoms with E-state index in [2.05, 4.69) is 51.0 Å². The van der Waals surface area contributed by atoms with E-state index in [1.165, 1.54) is 18.4 Å². The standard InChI is InChI=1S/C18H34N2O/c1-7-9-18(5,13-19-11-15(2)3)14-20(6)12-17-8-10-21-16(17)4/h8,10,15,19H,7,9,11-14H2,1-6H3. The molecule has 0 amide bonds. The number of nitrogens with one attached hydrogen (secondary N) is 1. The predicted molar refractivity (Wildman–Crippen MR) is 90.5 cm³/mol.